The van der Waals surface area contributed by atoms with Gasteiger partial charge in [0.2, 0.25) is 6.54 Å². The third-order valence-electron chi connectivity index (χ3n) is 3.29. The number of nitro groups is 1. The zero-order chi connectivity index (χ0) is 13.6. The molecule has 1 aromatic carbocycles. The van der Waals surface area contributed by atoms with Gasteiger partial charge < -0.3 is 9.53 Å². The Labute approximate surface area is 106 Å². The maximum atomic E-state index is 10.8. The van der Waals surface area contributed by atoms with Crippen LogP contribution in [-0.2, 0) is 10.2 Å². The first-order valence-electron chi connectivity index (χ1n) is 5.78. The fraction of sp³-hybridized carbons (Fsp3) is 0.462. The van der Waals surface area contributed by atoms with Gasteiger partial charge in [0.25, 0.3) is 0 Å². The fourth-order valence-corrected chi connectivity index (χ4v) is 2.09. The highest BCUT2D eigenvalue weighted by molar-refractivity contribution is 5.54. The second-order valence-corrected chi connectivity index (χ2v) is 4.22. The van der Waals surface area contributed by atoms with E-state index in [0.717, 1.165) is 11.8 Å². The molecular weight excluding hydrogens is 234 g/mol. The van der Waals surface area contributed by atoms with E-state index in [0.29, 0.717) is 12.2 Å². The van der Waals surface area contributed by atoms with E-state index in [1.807, 2.05) is 6.92 Å². The lowest BCUT2D eigenvalue weighted by Gasteiger charge is -2.27. The summed E-state index contributed by atoms with van der Waals surface area (Å²) in [6.07, 6.45) is 1.44. The molecule has 18 heavy (non-hydrogen) atoms. The van der Waals surface area contributed by atoms with Crippen LogP contribution in [0.5, 0.6) is 5.75 Å². The molecule has 1 rings (SSSR count). The van der Waals surface area contributed by atoms with Crippen LogP contribution in [0.1, 0.15) is 25.3 Å². The van der Waals surface area contributed by atoms with Crippen LogP contribution in [-0.4, -0.2) is 24.9 Å². The van der Waals surface area contributed by atoms with Crippen molar-refractivity contribution in [2.24, 2.45) is 0 Å². The van der Waals surface area contributed by atoms with E-state index in [9.17, 15) is 14.9 Å². The van der Waals surface area contributed by atoms with Crippen LogP contribution in [0.25, 0.3) is 0 Å². The van der Waals surface area contributed by atoms with Gasteiger partial charge >= 0.3 is 0 Å². The Hall–Kier alpha value is -1.91. The second-order valence-electron chi connectivity index (χ2n) is 4.22. The zero-order valence-electron chi connectivity index (χ0n) is 10.6. The SMILES string of the molecule is CC[C@@](CC=O)(C[N+](=O)[O-])c1ccc(OC)cc1. The van der Waals surface area contributed by atoms with Crippen LogP contribution in [0.15, 0.2) is 24.3 Å². The molecule has 0 heterocycles. The van der Waals surface area contributed by atoms with Gasteiger partial charge in [-0.1, -0.05) is 19.1 Å². The molecule has 98 valence electrons. The zero-order valence-corrected chi connectivity index (χ0v) is 10.6. The minimum absolute atomic E-state index is 0.150. The lowest BCUT2D eigenvalue weighted by Crippen LogP contribution is -2.34. The van der Waals surface area contributed by atoms with Gasteiger partial charge in [-0.2, -0.15) is 0 Å². The summed E-state index contributed by atoms with van der Waals surface area (Å²) in [5.74, 6) is 0.691. The molecule has 0 unspecified atom stereocenters. The number of hydrogen-bond acceptors (Lipinski definition) is 4. The quantitative estimate of drug-likeness (QED) is 0.423. The standard InChI is InChI=1S/C13H17NO4/c1-3-13(8-9-15,10-14(16)17)11-4-6-12(18-2)7-5-11/h4-7,9H,3,8,10H2,1-2H3/t13-/m1/s1. The van der Waals surface area contributed by atoms with Crippen molar-refractivity contribution in [2.75, 3.05) is 13.7 Å². The molecule has 0 radical (unpaired) electrons. The Morgan fingerprint density at radius 1 is 1.39 bits per heavy atom. The van der Waals surface area contributed by atoms with Crippen LogP contribution in [0.4, 0.5) is 0 Å². The van der Waals surface area contributed by atoms with Crippen molar-refractivity contribution in [1.29, 1.82) is 0 Å². The van der Waals surface area contributed by atoms with E-state index in [4.69, 9.17) is 4.74 Å². The van der Waals surface area contributed by atoms with E-state index < -0.39 is 5.41 Å². The highest BCUT2D eigenvalue weighted by Gasteiger charge is 2.35. The molecular formula is C13H17NO4. The number of methoxy groups -OCH3 is 1. The van der Waals surface area contributed by atoms with E-state index >= 15 is 0 Å². The van der Waals surface area contributed by atoms with E-state index in [2.05, 4.69) is 0 Å². The molecule has 0 spiro atoms. The molecule has 0 aliphatic heterocycles. The van der Waals surface area contributed by atoms with Crippen molar-refractivity contribution >= 4 is 6.29 Å². The first-order chi connectivity index (χ1) is 8.57. The van der Waals surface area contributed by atoms with Crippen molar-refractivity contribution in [3.63, 3.8) is 0 Å². The maximum Gasteiger partial charge on any atom is 0.213 e. The molecule has 0 amide bonds. The minimum Gasteiger partial charge on any atom is -0.497 e. The molecule has 0 fully saturated rings. The lowest BCUT2D eigenvalue weighted by molar-refractivity contribution is -0.491. The summed E-state index contributed by atoms with van der Waals surface area (Å²) in [7, 11) is 1.56. The predicted octanol–water partition coefficient (Wildman–Crippen LogP) is 2.21. The number of nitrogens with zero attached hydrogens (tertiary/aromatic N) is 1. The average molecular weight is 251 g/mol. The Bertz CT molecular complexity index is 416. The third-order valence-corrected chi connectivity index (χ3v) is 3.29. The third kappa shape index (κ3) is 3.06. The van der Waals surface area contributed by atoms with Gasteiger partial charge in [0.05, 0.1) is 12.5 Å². The number of ether oxygens (including phenoxy) is 1. The molecule has 0 N–H and O–H groups in total. The topological polar surface area (TPSA) is 69.4 Å². The minimum atomic E-state index is -0.725. The molecule has 0 aliphatic carbocycles. The van der Waals surface area contributed by atoms with Gasteiger partial charge in [-0.25, -0.2) is 0 Å². The maximum absolute atomic E-state index is 10.8. The van der Waals surface area contributed by atoms with Crippen molar-refractivity contribution in [2.45, 2.75) is 25.2 Å². The summed E-state index contributed by atoms with van der Waals surface area (Å²) in [6.45, 7) is 1.62. The Balaban J connectivity index is 3.13. The summed E-state index contributed by atoms with van der Waals surface area (Å²) in [4.78, 5) is 21.3. The van der Waals surface area contributed by atoms with Gasteiger partial charge in [0.1, 0.15) is 12.0 Å². The first kappa shape index (κ1) is 14.2. The number of aldehydes is 1. The van der Waals surface area contributed by atoms with Gasteiger partial charge in [0.15, 0.2) is 0 Å². The number of carbonyl (C=O) groups is 1. The summed E-state index contributed by atoms with van der Waals surface area (Å²) < 4.78 is 5.05. The number of carbonyl (C=O) groups excluding carboxylic acids is 1. The molecule has 0 aliphatic rings. The normalized spacial score (nSPS) is 13.7. The summed E-state index contributed by atoms with van der Waals surface area (Å²) >= 11 is 0. The van der Waals surface area contributed by atoms with Crippen LogP contribution in [0, 0.1) is 10.1 Å². The Morgan fingerprint density at radius 3 is 2.39 bits per heavy atom. The molecule has 5 nitrogen and oxygen atoms in total. The summed E-state index contributed by atoms with van der Waals surface area (Å²) in [5, 5.41) is 10.8. The van der Waals surface area contributed by atoms with Crippen LogP contribution >= 0.6 is 0 Å². The van der Waals surface area contributed by atoms with Crippen molar-refractivity contribution in [3.8, 4) is 5.75 Å². The van der Waals surface area contributed by atoms with Gasteiger partial charge in [0, 0.05) is 11.3 Å². The second kappa shape index (κ2) is 6.14. The summed E-state index contributed by atoms with van der Waals surface area (Å²) in [6, 6.07) is 7.08. The van der Waals surface area contributed by atoms with E-state index in [1.54, 1.807) is 31.4 Å². The highest BCUT2D eigenvalue weighted by atomic mass is 16.6. The van der Waals surface area contributed by atoms with Crippen molar-refractivity contribution in [1.82, 2.24) is 0 Å². The van der Waals surface area contributed by atoms with Crippen molar-refractivity contribution < 1.29 is 14.5 Å². The molecule has 0 bridgehead atoms. The molecule has 0 aromatic heterocycles. The number of hydrogen-bond donors (Lipinski definition) is 0. The van der Waals surface area contributed by atoms with Crippen LogP contribution in [0.3, 0.4) is 0 Å². The molecule has 1 atom stereocenters. The lowest BCUT2D eigenvalue weighted by atomic mass is 9.76. The smallest absolute Gasteiger partial charge is 0.213 e. The Morgan fingerprint density at radius 2 is 2.00 bits per heavy atom. The molecule has 1 aromatic rings. The number of benzene rings is 1. The van der Waals surface area contributed by atoms with Gasteiger partial charge in [-0.05, 0) is 24.1 Å². The highest BCUT2D eigenvalue weighted by Crippen LogP contribution is 2.32. The predicted molar refractivity (Wildman–Crippen MR) is 67.5 cm³/mol. The van der Waals surface area contributed by atoms with E-state index in [1.165, 1.54) is 0 Å². The number of rotatable bonds is 7. The van der Waals surface area contributed by atoms with Crippen LogP contribution in [0.2, 0.25) is 0 Å². The largest absolute Gasteiger partial charge is 0.497 e. The molecule has 5 heteroatoms. The van der Waals surface area contributed by atoms with Crippen molar-refractivity contribution in [3.05, 3.63) is 39.9 Å². The monoisotopic (exact) mass is 251 g/mol. The first-order valence-corrected chi connectivity index (χ1v) is 5.78. The molecule has 0 saturated carbocycles. The molecule has 0 saturated heterocycles. The Kier molecular flexibility index (Phi) is 4.83. The van der Waals surface area contributed by atoms with Gasteiger partial charge in [-0.3, -0.25) is 10.1 Å². The fourth-order valence-electron chi connectivity index (χ4n) is 2.09. The van der Waals surface area contributed by atoms with E-state index in [-0.39, 0.29) is 17.9 Å². The van der Waals surface area contributed by atoms with Crippen LogP contribution < -0.4 is 4.74 Å². The van der Waals surface area contributed by atoms with Gasteiger partial charge in [-0.15, -0.1) is 0 Å². The average Bonchev–Trinajstić information content (AvgIpc) is 2.37. The summed E-state index contributed by atoms with van der Waals surface area (Å²) in [5.41, 5.74) is 0.0759.